The number of aromatic nitrogens is 3. The summed E-state index contributed by atoms with van der Waals surface area (Å²) in [6.45, 7) is 0. The van der Waals surface area contributed by atoms with E-state index in [9.17, 15) is 0 Å². The molecule has 268 valence electrons. The monoisotopic (exact) mass is 748 g/mol. The molecular weight excluding hydrogens is 717 g/mol. The lowest BCUT2D eigenvalue weighted by Gasteiger charge is -2.29. The van der Waals surface area contributed by atoms with Crippen molar-refractivity contribution in [1.29, 1.82) is 0 Å². The number of hydrogen-bond acceptors (Lipinski definition) is 6. The van der Waals surface area contributed by atoms with Crippen molar-refractivity contribution in [3.05, 3.63) is 187 Å². The molecule has 5 nitrogen and oxygen atoms in total. The molecule has 57 heavy (non-hydrogen) atoms. The number of nitrogens with zero attached hydrogens (tertiary/aromatic N) is 4. The van der Waals surface area contributed by atoms with Gasteiger partial charge >= 0.3 is 0 Å². The van der Waals surface area contributed by atoms with Crippen molar-refractivity contribution >= 4 is 76.0 Å². The summed E-state index contributed by atoms with van der Waals surface area (Å²) in [5, 5.41) is 4.79. The largest absolute Gasteiger partial charge is 0.456 e. The second kappa shape index (κ2) is 12.7. The highest BCUT2D eigenvalue weighted by atomic mass is 32.1. The number of anilines is 2. The van der Waals surface area contributed by atoms with E-state index in [-0.39, 0.29) is 6.04 Å². The zero-order chi connectivity index (χ0) is 37.5. The summed E-state index contributed by atoms with van der Waals surface area (Å²) < 4.78 is 9.32. The Labute approximate surface area is 332 Å². The molecule has 1 atom stereocenters. The molecule has 10 aromatic rings. The fraction of sp³-hybridized carbons (Fsp3) is 0.0392. The molecule has 2 aliphatic rings. The SMILES string of the molecule is C1=C(c2ccc3c(c2)oc2cc(-c4nc(-c5ccccc5)nc(-c5ccccc5)n4)ccc23)C=C2c3ccc4c(sc5ccccc54)c3N(c3ccccc3)C2C1. The van der Waals surface area contributed by atoms with Crippen molar-refractivity contribution in [2.45, 2.75) is 12.5 Å². The standard InChI is InChI=1S/C51H32N4OS/c1-4-12-31(13-5-1)49-52-50(32-14-6-2-7-15-32)54-51(53-49)35-21-24-38-37-23-20-34(29-44(37)56-45(38)30-35)33-22-27-43-42(28-33)40-25-26-41-39-18-10-11-19-46(39)57-48(41)47(40)55(43)36-16-8-3-9-17-36/h1-26,28-30,43H,27H2. The summed E-state index contributed by atoms with van der Waals surface area (Å²) in [6, 6.07) is 57.6. The van der Waals surface area contributed by atoms with Gasteiger partial charge in [-0.3, -0.25) is 0 Å². The smallest absolute Gasteiger partial charge is 0.164 e. The molecule has 1 aliphatic carbocycles. The van der Waals surface area contributed by atoms with Crippen molar-refractivity contribution in [2.24, 2.45) is 0 Å². The van der Waals surface area contributed by atoms with Crippen LogP contribution in [-0.4, -0.2) is 21.0 Å². The van der Waals surface area contributed by atoms with Crippen molar-refractivity contribution in [2.75, 3.05) is 4.90 Å². The molecule has 0 spiro atoms. The number of hydrogen-bond donors (Lipinski definition) is 0. The highest BCUT2D eigenvalue weighted by Crippen LogP contribution is 2.54. The summed E-state index contributed by atoms with van der Waals surface area (Å²) in [6.07, 6.45) is 5.71. The van der Waals surface area contributed by atoms with Crippen molar-refractivity contribution in [3.63, 3.8) is 0 Å². The molecule has 0 radical (unpaired) electrons. The van der Waals surface area contributed by atoms with Gasteiger partial charge < -0.3 is 9.32 Å². The van der Waals surface area contributed by atoms with Gasteiger partial charge in [0, 0.05) is 54.2 Å². The Bertz CT molecular complexity index is 3220. The number of rotatable bonds is 5. The van der Waals surface area contributed by atoms with Crippen LogP contribution >= 0.6 is 11.3 Å². The Balaban J connectivity index is 0.939. The van der Waals surface area contributed by atoms with Crippen molar-refractivity contribution in [3.8, 4) is 34.2 Å². The van der Waals surface area contributed by atoms with Crippen LogP contribution in [0.5, 0.6) is 0 Å². The minimum atomic E-state index is 0.218. The molecule has 0 N–H and O–H groups in total. The number of para-hydroxylation sites is 1. The molecule has 1 aliphatic heterocycles. The molecule has 0 saturated carbocycles. The van der Waals surface area contributed by atoms with Gasteiger partial charge in [-0.1, -0.05) is 127 Å². The van der Waals surface area contributed by atoms with Gasteiger partial charge in [-0.25, -0.2) is 15.0 Å². The lowest BCUT2D eigenvalue weighted by molar-refractivity contribution is 0.669. The predicted molar refractivity (Wildman–Crippen MR) is 236 cm³/mol. The van der Waals surface area contributed by atoms with Crippen molar-refractivity contribution < 1.29 is 4.42 Å². The molecular formula is C51H32N4OS. The lowest BCUT2D eigenvalue weighted by atomic mass is 9.89. The van der Waals surface area contributed by atoms with E-state index >= 15 is 0 Å². The van der Waals surface area contributed by atoms with Gasteiger partial charge in [0.15, 0.2) is 17.5 Å². The van der Waals surface area contributed by atoms with Gasteiger partial charge in [0.2, 0.25) is 0 Å². The van der Waals surface area contributed by atoms with Crippen LogP contribution in [0.25, 0.3) is 87.4 Å². The molecule has 0 saturated heterocycles. The summed E-state index contributed by atoms with van der Waals surface area (Å²) >= 11 is 1.90. The summed E-state index contributed by atoms with van der Waals surface area (Å²) in [5.74, 6) is 1.88. The minimum Gasteiger partial charge on any atom is -0.456 e. The summed E-state index contributed by atoms with van der Waals surface area (Å²) in [7, 11) is 0. The van der Waals surface area contributed by atoms with Crippen LogP contribution in [-0.2, 0) is 0 Å². The van der Waals surface area contributed by atoms with Gasteiger partial charge in [-0.2, -0.15) is 0 Å². The Morgan fingerprint density at radius 1 is 0.526 bits per heavy atom. The first-order valence-electron chi connectivity index (χ1n) is 19.3. The highest BCUT2D eigenvalue weighted by molar-refractivity contribution is 7.26. The van der Waals surface area contributed by atoms with E-state index in [0.29, 0.717) is 17.5 Å². The first-order chi connectivity index (χ1) is 28.2. The Morgan fingerprint density at radius 3 is 1.81 bits per heavy atom. The van der Waals surface area contributed by atoms with Crippen LogP contribution < -0.4 is 4.90 Å². The van der Waals surface area contributed by atoms with E-state index in [1.54, 1.807) is 0 Å². The third-order valence-electron chi connectivity index (χ3n) is 11.4. The van der Waals surface area contributed by atoms with Crippen LogP contribution in [0.4, 0.5) is 11.4 Å². The normalized spacial score (nSPS) is 14.9. The molecule has 0 fully saturated rings. The maximum absolute atomic E-state index is 6.64. The van der Waals surface area contributed by atoms with Gasteiger partial charge in [-0.15, -0.1) is 11.3 Å². The van der Waals surface area contributed by atoms with Crippen molar-refractivity contribution in [1.82, 2.24) is 15.0 Å². The maximum Gasteiger partial charge on any atom is 0.164 e. The second-order valence-corrected chi connectivity index (χ2v) is 15.8. The van der Waals surface area contributed by atoms with Gasteiger partial charge in [0.1, 0.15) is 11.2 Å². The average molecular weight is 749 g/mol. The minimum absolute atomic E-state index is 0.218. The van der Waals surface area contributed by atoms with Gasteiger partial charge in [-0.05, 0) is 71.7 Å². The Kier molecular flexibility index (Phi) is 7.16. The number of benzene rings is 7. The van der Waals surface area contributed by atoms with E-state index in [2.05, 4.69) is 120 Å². The number of thiophene rings is 1. The highest BCUT2D eigenvalue weighted by Gasteiger charge is 2.38. The van der Waals surface area contributed by atoms with E-state index in [4.69, 9.17) is 19.4 Å². The van der Waals surface area contributed by atoms with E-state index in [1.165, 1.54) is 48.3 Å². The predicted octanol–water partition coefficient (Wildman–Crippen LogP) is 13.5. The van der Waals surface area contributed by atoms with Crippen LogP contribution in [0.3, 0.4) is 0 Å². The van der Waals surface area contributed by atoms with Crippen LogP contribution in [0, 0.1) is 0 Å². The quantitative estimate of drug-likeness (QED) is 0.175. The third kappa shape index (κ3) is 5.18. The fourth-order valence-electron chi connectivity index (χ4n) is 8.72. The first-order valence-corrected chi connectivity index (χ1v) is 20.1. The van der Waals surface area contributed by atoms with Gasteiger partial charge in [0.25, 0.3) is 0 Å². The van der Waals surface area contributed by atoms with E-state index in [0.717, 1.165) is 50.6 Å². The van der Waals surface area contributed by atoms with E-state index in [1.807, 2.05) is 72.0 Å². The fourth-order valence-corrected chi connectivity index (χ4v) is 9.97. The number of fused-ring (bicyclic) bond motifs is 10. The van der Waals surface area contributed by atoms with Crippen LogP contribution in [0.1, 0.15) is 17.5 Å². The zero-order valence-corrected chi connectivity index (χ0v) is 31.4. The van der Waals surface area contributed by atoms with Gasteiger partial charge in [0.05, 0.1) is 16.4 Å². The Morgan fingerprint density at radius 2 is 1.11 bits per heavy atom. The lowest BCUT2D eigenvalue weighted by Crippen LogP contribution is -2.27. The molecule has 7 aromatic carbocycles. The molecule has 0 amide bonds. The Hall–Kier alpha value is -7.15. The number of furan rings is 1. The van der Waals surface area contributed by atoms with E-state index < -0.39 is 0 Å². The molecule has 6 heteroatoms. The summed E-state index contributed by atoms with van der Waals surface area (Å²) in [5.41, 5.74) is 12.0. The number of allylic oxidation sites excluding steroid dienone is 2. The average Bonchev–Trinajstić information content (AvgIpc) is 3.96. The summed E-state index contributed by atoms with van der Waals surface area (Å²) in [4.78, 5) is 17.3. The topological polar surface area (TPSA) is 55.1 Å². The molecule has 12 rings (SSSR count). The van der Waals surface area contributed by atoms with Crippen LogP contribution in [0.15, 0.2) is 180 Å². The molecule has 4 heterocycles. The first kappa shape index (κ1) is 32.1. The second-order valence-electron chi connectivity index (χ2n) is 14.7. The molecule has 3 aromatic heterocycles. The maximum atomic E-state index is 6.64. The third-order valence-corrected chi connectivity index (χ3v) is 12.6. The molecule has 1 unspecified atom stereocenters. The molecule has 0 bridgehead atoms. The van der Waals surface area contributed by atoms with Crippen LogP contribution in [0.2, 0.25) is 0 Å². The zero-order valence-electron chi connectivity index (χ0n) is 30.6.